The monoisotopic (exact) mass is 248 g/mol. The highest BCUT2D eigenvalue weighted by Gasteiger charge is 2.16. The summed E-state index contributed by atoms with van der Waals surface area (Å²) in [4.78, 5) is 6.46. The van der Waals surface area contributed by atoms with Gasteiger partial charge in [0.25, 0.3) is 0 Å². The summed E-state index contributed by atoms with van der Waals surface area (Å²) in [6.07, 6.45) is 3.75. The Hall–Kier alpha value is -1.82. The minimum atomic E-state index is 0.500. The zero-order chi connectivity index (χ0) is 13.3. The molecule has 0 aliphatic rings. The Kier molecular flexibility index (Phi) is 3.38. The van der Waals surface area contributed by atoms with E-state index in [2.05, 4.69) is 15.0 Å². The van der Waals surface area contributed by atoms with E-state index in [9.17, 15) is 0 Å². The zero-order valence-corrected chi connectivity index (χ0v) is 11.4. The number of hydrogen-bond acceptors (Lipinski definition) is 4. The standard InChI is InChI=1S/C12H20N6/c1-9-10(7-13)12(18(4)15-9)17(3)8-11-14-5-6-16(11)2/h5-6H,7-8,13H2,1-4H3. The van der Waals surface area contributed by atoms with Gasteiger partial charge in [0.15, 0.2) is 0 Å². The number of nitrogens with two attached hydrogens (primary N) is 1. The average molecular weight is 248 g/mol. The van der Waals surface area contributed by atoms with Gasteiger partial charge in [-0.15, -0.1) is 0 Å². The van der Waals surface area contributed by atoms with Crippen molar-refractivity contribution >= 4 is 5.82 Å². The first-order chi connectivity index (χ1) is 8.54. The van der Waals surface area contributed by atoms with Crippen LogP contribution in [-0.2, 0) is 27.2 Å². The van der Waals surface area contributed by atoms with Crippen molar-refractivity contribution in [2.45, 2.75) is 20.0 Å². The van der Waals surface area contributed by atoms with Crippen molar-refractivity contribution in [2.24, 2.45) is 19.8 Å². The van der Waals surface area contributed by atoms with Crippen LogP contribution in [0.15, 0.2) is 12.4 Å². The Morgan fingerprint density at radius 3 is 2.67 bits per heavy atom. The number of aromatic nitrogens is 4. The maximum Gasteiger partial charge on any atom is 0.131 e. The van der Waals surface area contributed by atoms with Gasteiger partial charge in [-0.3, -0.25) is 4.68 Å². The maximum atomic E-state index is 5.81. The van der Waals surface area contributed by atoms with Gasteiger partial charge in [-0.25, -0.2) is 4.98 Å². The molecule has 0 aromatic carbocycles. The topological polar surface area (TPSA) is 64.9 Å². The number of aryl methyl sites for hydroxylation is 3. The Labute approximate surface area is 107 Å². The lowest BCUT2D eigenvalue weighted by atomic mass is 10.2. The highest BCUT2D eigenvalue weighted by Crippen LogP contribution is 2.22. The average Bonchev–Trinajstić information content (AvgIpc) is 2.82. The van der Waals surface area contributed by atoms with E-state index in [1.165, 1.54) is 0 Å². The van der Waals surface area contributed by atoms with Crippen molar-refractivity contribution in [1.82, 2.24) is 19.3 Å². The molecule has 0 aliphatic heterocycles. The van der Waals surface area contributed by atoms with Gasteiger partial charge in [0.05, 0.1) is 12.2 Å². The van der Waals surface area contributed by atoms with Crippen LogP contribution in [0, 0.1) is 6.92 Å². The zero-order valence-electron chi connectivity index (χ0n) is 11.4. The molecule has 18 heavy (non-hydrogen) atoms. The Morgan fingerprint density at radius 1 is 1.39 bits per heavy atom. The second kappa shape index (κ2) is 4.81. The van der Waals surface area contributed by atoms with E-state index in [0.717, 1.165) is 29.4 Å². The fourth-order valence-electron chi connectivity index (χ4n) is 2.24. The molecule has 0 saturated carbocycles. The Balaban J connectivity index is 2.29. The molecule has 0 bridgehead atoms. The third-order valence-electron chi connectivity index (χ3n) is 3.18. The van der Waals surface area contributed by atoms with E-state index < -0.39 is 0 Å². The lowest BCUT2D eigenvalue weighted by Gasteiger charge is -2.20. The fraction of sp³-hybridized carbons (Fsp3) is 0.500. The number of anilines is 1. The van der Waals surface area contributed by atoms with Crippen LogP contribution in [0.2, 0.25) is 0 Å². The molecule has 0 atom stereocenters. The van der Waals surface area contributed by atoms with Crippen molar-refractivity contribution in [3.05, 3.63) is 29.5 Å². The van der Waals surface area contributed by atoms with Crippen LogP contribution in [0.4, 0.5) is 5.82 Å². The van der Waals surface area contributed by atoms with Gasteiger partial charge in [-0.05, 0) is 6.92 Å². The molecule has 0 radical (unpaired) electrons. The molecule has 0 aliphatic carbocycles. The molecule has 98 valence electrons. The summed E-state index contributed by atoms with van der Waals surface area (Å²) in [5, 5.41) is 4.42. The molecule has 0 unspecified atom stereocenters. The van der Waals surface area contributed by atoms with Crippen LogP contribution in [0.3, 0.4) is 0 Å². The summed E-state index contributed by atoms with van der Waals surface area (Å²) in [5.74, 6) is 2.07. The first-order valence-corrected chi connectivity index (χ1v) is 5.94. The molecule has 0 saturated heterocycles. The second-order valence-electron chi connectivity index (χ2n) is 4.53. The minimum absolute atomic E-state index is 0.500. The third kappa shape index (κ3) is 2.11. The summed E-state index contributed by atoms with van der Waals surface area (Å²) in [5.41, 5.74) is 7.88. The van der Waals surface area contributed by atoms with Gasteiger partial charge in [0, 0.05) is 45.6 Å². The predicted octanol–water partition coefficient (Wildman–Crippen LogP) is 0.557. The summed E-state index contributed by atoms with van der Waals surface area (Å²) >= 11 is 0. The second-order valence-corrected chi connectivity index (χ2v) is 4.53. The largest absolute Gasteiger partial charge is 0.352 e. The Bertz CT molecular complexity index is 539. The lowest BCUT2D eigenvalue weighted by Crippen LogP contribution is -2.23. The smallest absolute Gasteiger partial charge is 0.131 e. The first kappa shape index (κ1) is 12.6. The first-order valence-electron chi connectivity index (χ1n) is 5.94. The molecule has 6 nitrogen and oxygen atoms in total. The molecular formula is C12H20N6. The van der Waals surface area contributed by atoms with Crippen molar-refractivity contribution in [3.63, 3.8) is 0 Å². The van der Waals surface area contributed by atoms with Crippen LogP contribution in [0.25, 0.3) is 0 Å². The van der Waals surface area contributed by atoms with Gasteiger partial charge >= 0.3 is 0 Å². The molecule has 2 N–H and O–H groups in total. The molecule has 6 heteroatoms. The van der Waals surface area contributed by atoms with Crippen molar-refractivity contribution in [3.8, 4) is 0 Å². The van der Waals surface area contributed by atoms with Crippen LogP contribution < -0.4 is 10.6 Å². The van der Waals surface area contributed by atoms with Crippen molar-refractivity contribution in [2.75, 3.05) is 11.9 Å². The fourth-order valence-corrected chi connectivity index (χ4v) is 2.24. The van der Waals surface area contributed by atoms with E-state index >= 15 is 0 Å². The van der Waals surface area contributed by atoms with E-state index in [0.29, 0.717) is 6.54 Å². The van der Waals surface area contributed by atoms with Gasteiger partial charge in [0.1, 0.15) is 11.6 Å². The molecule has 2 heterocycles. The number of nitrogens with zero attached hydrogens (tertiary/aromatic N) is 5. The molecule has 0 spiro atoms. The van der Waals surface area contributed by atoms with E-state index in [1.807, 2.05) is 49.7 Å². The van der Waals surface area contributed by atoms with E-state index in [4.69, 9.17) is 5.73 Å². The third-order valence-corrected chi connectivity index (χ3v) is 3.18. The number of hydrogen-bond donors (Lipinski definition) is 1. The molecule has 0 amide bonds. The van der Waals surface area contributed by atoms with Crippen LogP contribution in [-0.4, -0.2) is 26.4 Å². The summed E-state index contributed by atoms with van der Waals surface area (Å²) < 4.78 is 3.89. The minimum Gasteiger partial charge on any atom is -0.352 e. The SMILES string of the molecule is Cc1nn(C)c(N(C)Cc2nccn2C)c1CN. The van der Waals surface area contributed by atoms with Gasteiger partial charge < -0.3 is 15.2 Å². The summed E-state index contributed by atoms with van der Waals surface area (Å²) in [6, 6.07) is 0. The molecule has 2 aromatic heterocycles. The van der Waals surface area contributed by atoms with Gasteiger partial charge in [0.2, 0.25) is 0 Å². The van der Waals surface area contributed by atoms with Crippen molar-refractivity contribution in [1.29, 1.82) is 0 Å². The highest BCUT2D eigenvalue weighted by atomic mass is 15.4. The van der Waals surface area contributed by atoms with Crippen LogP contribution in [0.1, 0.15) is 17.1 Å². The molecule has 2 rings (SSSR count). The summed E-state index contributed by atoms with van der Waals surface area (Å²) in [7, 11) is 5.97. The number of rotatable bonds is 4. The Morgan fingerprint density at radius 2 is 2.11 bits per heavy atom. The van der Waals surface area contributed by atoms with Crippen LogP contribution >= 0.6 is 0 Å². The molecular weight excluding hydrogens is 228 g/mol. The van der Waals surface area contributed by atoms with Crippen LogP contribution in [0.5, 0.6) is 0 Å². The normalized spacial score (nSPS) is 10.9. The maximum absolute atomic E-state index is 5.81. The highest BCUT2D eigenvalue weighted by molar-refractivity contribution is 5.49. The molecule has 2 aromatic rings. The van der Waals surface area contributed by atoms with E-state index in [-0.39, 0.29) is 0 Å². The molecule has 0 fully saturated rings. The van der Waals surface area contributed by atoms with E-state index in [1.54, 1.807) is 0 Å². The van der Waals surface area contributed by atoms with Gasteiger partial charge in [-0.2, -0.15) is 5.10 Å². The van der Waals surface area contributed by atoms with Crippen molar-refractivity contribution < 1.29 is 0 Å². The summed E-state index contributed by atoms with van der Waals surface area (Å²) in [6.45, 7) is 3.22. The lowest BCUT2D eigenvalue weighted by molar-refractivity contribution is 0.700. The quantitative estimate of drug-likeness (QED) is 0.858. The number of imidazole rings is 1. The predicted molar refractivity (Wildman–Crippen MR) is 71.2 cm³/mol. The van der Waals surface area contributed by atoms with Gasteiger partial charge in [-0.1, -0.05) is 0 Å².